The van der Waals surface area contributed by atoms with E-state index in [0.717, 1.165) is 23.7 Å². The van der Waals surface area contributed by atoms with Crippen molar-refractivity contribution in [2.45, 2.75) is 33.0 Å². The van der Waals surface area contributed by atoms with E-state index in [4.69, 9.17) is 4.74 Å². The molecular formula is C14H20N4O. The van der Waals surface area contributed by atoms with Crippen LogP contribution in [0.4, 0.5) is 0 Å². The van der Waals surface area contributed by atoms with Gasteiger partial charge in [-0.15, -0.1) is 0 Å². The molecule has 102 valence electrons. The number of hydrogen-bond acceptors (Lipinski definition) is 4. The predicted octanol–water partition coefficient (Wildman–Crippen LogP) is 2.16. The van der Waals surface area contributed by atoms with Crippen molar-refractivity contribution >= 4 is 0 Å². The number of ether oxygens (including phenoxy) is 1. The highest BCUT2D eigenvalue weighted by molar-refractivity contribution is 5.32. The number of aromatic nitrogens is 3. The molecule has 5 nitrogen and oxygen atoms in total. The van der Waals surface area contributed by atoms with Crippen LogP contribution in [0.1, 0.15) is 31.3 Å². The number of methoxy groups -OCH3 is 1. The van der Waals surface area contributed by atoms with Gasteiger partial charge in [-0.1, -0.05) is 18.2 Å². The smallest absolute Gasteiger partial charge is 0.141 e. The van der Waals surface area contributed by atoms with Gasteiger partial charge in [0.2, 0.25) is 0 Å². The highest BCUT2D eigenvalue weighted by atomic mass is 16.5. The van der Waals surface area contributed by atoms with E-state index in [2.05, 4.69) is 35.3 Å². The van der Waals surface area contributed by atoms with Crippen molar-refractivity contribution in [3.05, 3.63) is 42.0 Å². The van der Waals surface area contributed by atoms with E-state index in [-0.39, 0.29) is 0 Å². The van der Waals surface area contributed by atoms with Gasteiger partial charge >= 0.3 is 0 Å². The largest absolute Gasteiger partial charge is 0.496 e. The summed E-state index contributed by atoms with van der Waals surface area (Å²) in [5.41, 5.74) is 1.14. The topological polar surface area (TPSA) is 52.0 Å². The molecule has 0 atom stereocenters. The molecular weight excluding hydrogens is 240 g/mol. The van der Waals surface area contributed by atoms with Crippen LogP contribution in [0.25, 0.3) is 0 Å². The average Bonchev–Trinajstić information content (AvgIpc) is 2.88. The first kappa shape index (κ1) is 13.5. The van der Waals surface area contributed by atoms with E-state index in [1.807, 2.05) is 22.9 Å². The normalized spacial score (nSPS) is 10.9. The van der Waals surface area contributed by atoms with Gasteiger partial charge in [-0.3, -0.25) is 0 Å². The Labute approximate surface area is 113 Å². The third-order valence-corrected chi connectivity index (χ3v) is 2.93. The molecule has 19 heavy (non-hydrogen) atoms. The summed E-state index contributed by atoms with van der Waals surface area (Å²) in [6, 6.07) is 8.33. The first-order chi connectivity index (χ1) is 9.22. The number of benzene rings is 1. The van der Waals surface area contributed by atoms with Gasteiger partial charge in [0.1, 0.15) is 17.9 Å². The zero-order valence-electron chi connectivity index (χ0n) is 11.6. The SMILES string of the molecule is COc1ccccc1CNCc1ncnn1C(C)C. The molecule has 2 rings (SSSR count). The van der Waals surface area contributed by atoms with Crippen LogP contribution in [0.5, 0.6) is 5.75 Å². The van der Waals surface area contributed by atoms with Crippen molar-refractivity contribution in [2.75, 3.05) is 7.11 Å². The van der Waals surface area contributed by atoms with Crippen LogP contribution in [0.15, 0.2) is 30.6 Å². The van der Waals surface area contributed by atoms with Crippen LogP contribution in [-0.2, 0) is 13.1 Å². The van der Waals surface area contributed by atoms with Gasteiger partial charge in [0, 0.05) is 18.2 Å². The second kappa shape index (κ2) is 6.33. The van der Waals surface area contributed by atoms with Crippen molar-refractivity contribution in [1.29, 1.82) is 0 Å². The lowest BCUT2D eigenvalue weighted by Gasteiger charge is -2.11. The van der Waals surface area contributed by atoms with Gasteiger partial charge in [0.05, 0.1) is 13.7 Å². The Kier molecular flexibility index (Phi) is 4.52. The lowest BCUT2D eigenvalue weighted by atomic mass is 10.2. The summed E-state index contributed by atoms with van der Waals surface area (Å²) in [5.74, 6) is 1.85. The zero-order valence-corrected chi connectivity index (χ0v) is 11.6. The Morgan fingerprint density at radius 2 is 2.05 bits per heavy atom. The number of nitrogens with one attached hydrogen (secondary N) is 1. The molecule has 0 spiro atoms. The third-order valence-electron chi connectivity index (χ3n) is 2.93. The van der Waals surface area contributed by atoms with Crippen LogP contribution >= 0.6 is 0 Å². The fourth-order valence-corrected chi connectivity index (χ4v) is 1.99. The molecule has 0 saturated heterocycles. The molecule has 0 aliphatic heterocycles. The summed E-state index contributed by atoms with van der Waals surface area (Å²) in [6.45, 7) is 5.63. The molecule has 1 aromatic heterocycles. The standard InChI is InChI=1S/C14H20N4O/c1-11(2)18-14(16-10-17-18)9-15-8-12-6-4-5-7-13(12)19-3/h4-7,10-11,15H,8-9H2,1-3H3. The second-order valence-electron chi connectivity index (χ2n) is 4.63. The third kappa shape index (κ3) is 3.32. The van der Waals surface area contributed by atoms with Gasteiger partial charge in [0.15, 0.2) is 0 Å². The number of rotatable bonds is 6. The van der Waals surface area contributed by atoms with Crippen LogP contribution in [0.3, 0.4) is 0 Å². The number of para-hydroxylation sites is 1. The number of nitrogens with zero attached hydrogens (tertiary/aromatic N) is 3. The molecule has 0 bridgehead atoms. The lowest BCUT2D eigenvalue weighted by molar-refractivity contribution is 0.407. The van der Waals surface area contributed by atoms with Gasteiger partial charge in [-0.25, -0.2) is 9.67 Å². The molecule has 0 aliphatic rings. The lowest BCUT2D eigenvalue weighted by Crippen LogP contribution is -2.18. The minimum absolute atomic E-state index is 0.325. The molecule has 0 unspecified atom stereocenters. The Hall–Kier alpha value is -1.88. The maximum Gasteiger partial charge on any atom is 0.141 e. The van der Waals surface area contributed by atoms with Crippen molar-refractivity contribution in [2.24, 2.45) is 0 Å². The molecule has 0 amide bonds. The van der Waals surface area contributed by atoms with Gasteiger partial charge < -0.3 is 10.1 Å². The molecule has 0 radical (unpaired) electrons. The van der Waals surface area contributed by atoms with Crippen LogP contribution in [-0.4, -0.2) is 21.9 Å². The first-order valence-corrected chi connectivity index (χ1v) is 6.43. The average molecular weight is 260 g/mol. The molecule has 0 fully saturated rings. The Balaban J connectivity index is 1.95. The van der Waals surface area contributed by atoms with E-state index in [1.54, 1.807) is 13.4 Å². The minimum Gasteiger partial charge on any atom is -0.496 e. The zero-order chi connectivity index (χ0) is 13.7. The van der Waals surface area contributed by atoms with E-state index in [0.29, 0.717) is 12.6 Å². The molecule has 1 aromatic carbocycles. The maximum atomic E-state index is 5.32. The van der Waals surface area contributed by atoms with Crippen LogP contribution in [0, 0.1) is 0 Å². The molecule has 2 aromatic rings. The quantitative estimate of drug-likeness (QED) is 0.864. The van der Waals surface area contributed by atoms with Crippen LogP contribution in [0.2, 0.25) is 0 Å². The fraction of sp³-hybridized carbons (Fsp3) is 0.429. The van der Waals surface area contributed by atoms with Crippen molar-refractivity contribution in [3.8, 4) is 5.75 Å². The molecule has 5 heteroatoms. The van der Waals surface area contributed by atoms with E-state index >= 15 is 0 Å². The van der Waals surface area contributed by atoms with Crippen LogP contribution < -0.4 is 10.1 Å². The molecule has 0 saturated carbocycles. The van der Waals surface area contributed by atoms with Gasteiger partial charge in [0.25, 0.3) is 0 Å². The Bertz CT molecular complexity index is 522. The Morgan fingerprint density at radius 1 is 1.26 bits per heavy atom. The fourth-order valence-electron chi connectivity index (χ4n) is 1.99. The van der Waals surface area contributed by atoms with Gasteiger partial charge in [-0.2, -0.15) is 5.10 Å². The molecule has 1 heterocycles. The summed E-state index contributed by atoms with van der Waals surface area (Å²) < 4.78 is 7.25. The molecule has 1 N–H and O–H groups in total. The maximum absolute atomic E-state index is 5.32. The van der Waals surface area contributed by atoms with Crippen molar-refractivity contribution in [3.63, 3.8) is 0 Å². The van der Waals surface area contributed by atoms with E-state index in [9.17, 15) is 0 Å². The first-order valence-electron chi connectivity index (χ1n) is 6.43. The van der Waals surface area contributed by atoms with E-state index < -0.39 is 0 Å². The van der Waals surface area contributed by atoms with Gasteiger partial charge in [-0.05, 0) is 19.9 Å². The summed E-state index contributed by atoms with van der Waals surface area (Å²) in [7, 11) is 1.69. The summed E-state index contributed by atoms with van der Waals surface area (Å²) in [4.78, 5) is 4.27. The highest BCUT2D eigenvalue weighted by Gasteiger charge is 2.07. The van der Waals surface area contributed by atoms with E-state index in [1.165, 1.54) is 0 Å². The number of hydrogen-bond donors (Lipinski definition) is 1. The van der Waals surface area contributed by atoms with Crippen molar-refractivity contribution in [1.82, 2.24) is 20.1 Å². The Morgan fingerprint density at radius 3 is 2.79 bits per heavy atom. The minimum atomic E-state index is 0.325. The highest BCUT2D eigenvalue weighted by Crippen LogP contribution is 2.16. The molecule has 0 aliphatic carbocycles. The van der Waals surface area contributed by atoms with Crippen molar-refractivity contribution < 1.29 is 4.74 Å². The predicted molar refractivity (Wildman–Crippen MR) is 73.9 cm³/mol. The second-order valence-corrected chi connectivity index (χ2v) is 4.63. The monoisotopic (exact) mass is 260 g/mol. The summed E-state index contributed by atoms with van der Waals surface area (Å²) >= 11 is 0. The summed E-state index contributed by atoms with van der Waals surface area (Å²) in [6.07, 6.45) is 1.60. The summed E-state index contributed by atoms with van der Waals surface area (Å²) in [5, 5.41) is 7.59.